The third kappa shape index (κ3) is 6.20. The Kier molecular flexibility index (Phi) is 7.48. The predicted molar refractivity (Wildman–Crippen MR) is 111 cm³/mol. The maximum atomic E-state index is 11.9. The molecule has 0 aliphatic carbocycles. The van der Waals surface area contributed by atoms with Gasteiger partial charge in [0.2, 0.25) is 0 Å². The summed E-state index contributed by atoms with van der Waals surface area (Å²) in [6.45, 7) is 7.48. The monoisotopic (exact) mass is 402 g/mol. The van der Waals surface area contributed by atoms with Crippen LogP contribution in [0.3, 0.4) is 0 Å². The smallest absolute Gasteiger partial charge is 0.411 e. The fraction of sp³-hybridized carbons (Fsp3) is 0.524. The van der Waals surface area contributed by atoms with Gasteiger partial charge in [-0.1, -0.05) is 0 Å². The van der Waals surface area contributed by atoms with E-state index in [-0.39, 0.29) is 6.10 Å². The van der Waals surface area contributed by atoms with Crippen LogP contribution in [-0.4, -0.2) is 59.9 Å². The van der Waals surface area contributed by atoms with E-state index in [0.29, 0.717) is 19.0 Å². The molecule has 3 rings (SSSR count). The number of carbonyl (C=O) groups is 1. The Balaban J connectivity index is 1.71. The number of nitrogens with one attached hydrogen (secondary N) is 1. The molecule has 1 N–H and O–H groups in total. The summed E-state index contributed by atoms with van der Waals surface area (Å²) in [6.07, 6.45) is 3.33. The summed E-state index contributed by atoms with van der Waals surface area (Å²) in [6, 6.07) is 7.47. The lowest BCUT2D eigenvalue weighted by molar-refractivity contribution is 0.0428. The Labute approximate surface area is 171 Å². The highest BCUT2D eigenvalue weighted by atomic mass is 16.6. The topological polar surface area (TPSA) is 77.8 Å². The number of hydrogen-bond acceptors (Lipinski definition) is 6. The highest BCUT2D eigenvalue weighted by Crippen LogP contribution is 2.32. The Hall–Kier alpha value is -2.58. The first kappa shape index (κ1) is 21.1. The molecule has 29 heavy (non-hydrogen) atoms. The summed E-state index contributed by atoms with van der Waals surface area (Å²) in [5.41, 5.74) is 2.40. The molecule has 2 aromatic rings. The molecule has 0 spiro atoms. The molecule has 1 aliphatic rings. The van der Waals surface area contributed by atoms with Gasteiger partial charge in [0.15, 0.2) is 0 Å². The van der Waals surface area contributed by atoms with Crippen molar-refractivity contribution in [3.8, 4) is 17.0 Å². The van der Waals surface area contributed by atoms with Crippen LogP contribution in [0.25, 0.3) is 11.3 Å². The van der Waals surface area contributed by atoms with Crippen LogP contribution < -0.4 is 10.1 Å². The molecule has 1 saturated heterocycles. The third-order valence-electron chi connectivity index (χ3n) is 4.62. The average Bonchev–Trinajstić information content (AvgIpc) is 2.93. The Bertz CT molecular complexity index is 798. The van der Waals surface area contributed by atoms with Gasteiger partial charge in [0, 0.05) is 44.2 Å². The molecular weight excluding hydrogens is 372 g/mol. The lowest BCUT2D eigenvalue weighted by Crippen LogP contribution is -2.30. The van der Waals surface area contributed by atoms with Gasteiger partial charge in [-0.3, -0.25) is 14.9 Å². The predicted octanol–water partition coefficient (Wildman–Crippen LogP) is 3.49. The van der Waals surface area contributed by atoms with E-state index in [2.05, 4.69) is 15.3 Å². The number of nitrogens with zero attached hydrogens (tertiary/aromatic N) is 3. The highest BCUT2D eigenvalue weighted by molar-refractivity contribution is 5.86. The van der Waals surface area contributed by atoms with E-state index in [1.165, 1.54) is 0 Å². The summed E-state index contributed by atoms with van der Waals surface area (Å²) < 4.78 is 18.6. The molecular formula is C21H30N4O4. The number of amides is 1. The standard InChI is InChI=1S/C21H30N4O4/c1-16(2)29-21(26)23-17-6-7-20(18(14-17)19-8-9-22-24(19)3)28-13-11-25-10-4-5-12-27-15-25/h6-9,14,16H,4-5,10-13,15H2,1-3H3,(H,23,26). The molecule has 1 aromatic carbocycles. The van der Waals surface area contributed by atoms with Gasteiger partial charge in [-0.05, 0) is 51.0 Å². The van der Waals surface area contributed by atoms with Gasteiger partial charge in [0.05, 0.1) is 18.5 Å². The second-order valence-electron chi connectivity index (χ2n) is 7.34. The van der Waals surface area contributed by atoms with Crippen molar-refractivity contribution in [2.75, 3.05) is 38.4 Å². The number of rotatable bonds is 7. The second kappa shape index (κ2) is 10.3. The second-order valence-corrected chi connectivity index (χ2v) is 7.34. The van der Waals surface area contributed by atoms with Gasteiger partial charge in [0.25, 0.3) is 0 Å². The zero-order valence-corrected chi connectivity index (χ0v) is 17.4. The Morgan fingerprint density at radius 2 is 2.17 bits per heavy atom. The number of benzene rings is 1. The van der Waals surface area contributed by atoms with Crippen LogP contribution in [0.1, 0.15) is 26.7 Å². The van der Waals surface area contributed by atoms with E-state index in [1.807, 2.05) is 45.2 Å². The maximum Gasteiger partial charge on any atom is 0.411 e. The minimum atomic E-state index is -0.481. The fourth-order valence-corrected chi connectivity index (χ4v) is 3.19. The van der Waals surface area contributed by atoms with Crippen molar-refractivity contribution >= 4 is 11.8 Å². The lowest BCUT2D eigenvalue weighted by atomic mass is 10.1. The van der Waals surface area contributed by atoms with Gasteiger partial charge < -0.3 is 14.2 Å². The number of carbonyl (C=O) groups excluding carboxylic acids is 1. The van der Waals surface area contributed by atoms with E-state index < -0.39 is 6.09 Å². The molecule has 1 aromatic heterocycles. The SMILES string of the molecule is CC(C)OC(=O)Nc1ccc(OCCN2CCCCOC2)c(-c2ccnn2C)c1. The van der Waals surface area contributed by atoms with Gasteiger partial charge in [0.1, 0.15) is 12.4 Å². The van der Waals surface area contributed by atoms with Crippen LogP contribution in [-0.2, 0) is 16.5 Å². The third-order valence-corrected chi connectivity index (χ3v) is 4.62. The largest absolute Gasteiger partial charge is 0.492 e. The summed E-state index contributed by atoms with van der Waals surface area (Å²) >= 11 is 0. The number of ether oxygens (including phenoxy) is 3. The molecule has 0 saturated carbocycles. The molecule has 8 heteroatoms. The van der Waals surface area contributed by atoms with E-state index in [9.17, 15) is 4.79 Å². The number of aromatic nitrogens is 2. The zero-order chi connectivity index (χ0) is 20.6. The quantitative estimate of drug-likeness (QED) is 0.764. The normalized spacial score (nSPS) is 15.2. The summed E-state index contributed by atoms with van der Waals surface area (Å²) in [7, 11) is 1.88. The van der Waals surface area contributed by atoms with Crippen molar-refractivity contribution in [2.24, 2.45) is 7.05 Å². The first-order chi connectivity index (χ1) is 14.0. The van der Waals surface area contributed by atoms with E-state index in [0.717, 1.165) is 49.5 Å². The van der Waals surface area contributed by atoms with Crippen molar-refractivity contribution in [1.29, 1.82) is 0 Å². The van der Waals surface area contributed by atoms with Crippen LogP contribution in [0.2, 0.25) is 0 Å². The van der Waals surface area contributed by atoms with Crippen LogP contribution in [0, 0.1) is 0 Å². The van der Waals surface area contributed by atoms with Gasteiger partial charge >= 0.3 is 6.09 Å². The lowest BCUT2D eigenvalue weighted by Gasteiger charge is -2.20. The van der Waals surface area contributed by atoms with Crippen molar-refractivity contribution in [3.05, 3.63) is 30.5 Å². The van der Waals surface area contributed by atoms with Crippen LogP contribution in [0.15, 0.2) is 30.5 Å². The van der Waals surface area contributed by atoms with Crippen molar-refractivity contribution in [2.45, 2.75) is 32.8 Å². The zero-order valence-electron chi connectivity index (χ0n) is 17.4. The van der Waals surface area contributed by atoms with Crippen LogP contribution in [0.5, 0.6) is 5.75 Å². The van der Waals surface area contributed by atoms with E-state index in [1.54, 1.807) is 10.9 Å². The number of aryl methyl sites for hydroxylation is 1. The molecule has 8 nitrogen and oxygen atoms in total. The molecule has 0 unspecified atom stereocenters. The molecule has 0 bridgehead atoms. The highest BCUT2D eigenvalue weighted by Gasteiger charge is 2.15. The summed E-state index contributed by atoms with van der Waals surface area (Å²) in [5.74, 6) is 0.743. The molecule has 1 fully saturated rings. The van der Waals surface area contributed by atoms with Gasteiger partial charge in [-0.2, -0.15) is 5.10 Å². The summed E-state index contributed by atoms with van der Waals surface area (Å²) in [5, 5.41) is 7.02. The first-order valence-electron chi connectivity index (χ1n) is 10.1. The summed E-state index contributed by atoms with van der Waals surface area (Å²) in [4.78, 5) is 14.2. The Morgan fingerprint density at radius 3 is 2.93 bits per heavy atom. The van der Waals surface area contributed by atoms with E-state index >= 15 is 0 Å². The molecule has 2 heterocycles. The van der Waals surface area contributed by atoms with Gasteiger partial charge in [-0.25, -0.2) is 4.79 Å². The van der Waals surface area contributed by atoms with E-state index in [4.69, 9.17) is 14.2 Å². The number of hydrogen-bond donors (Lipinski definition) is 1. The van der Waals surface area contributed by atoms with Crippen molar-refractivity contribution in [1.82, 2.24) is 14.7 Å². The first-order valence-corrected chi connectivity index (χ1v) is 10.1. The molecule has 1 aliphatic heterocycles. The molecule has 0 radical (unpaired) electrons. The fourth-order valence-electron chi connectivity index (χ4n) is 3.19. The van der Waals surface area contributed by atoms with Crippen LogP contribution in [0.4, 0.5) is 10.5 Å². The molecule has 1 amide bonds. The molecule has 158 valence electrons. The number of anilines is 1. The maximum absolute atomic E-state index is 11.9. The minimum Gasteiger partial charge on any atom is -0.492 e. The van der Waals surface area contributed by atoms with Crippen LogP contribution >= 0.6 is 0 Å². The Morgan fingerprint density at radius 1 is 1.31 bits per heavy atom. The van der Waals surface area contributed by atoms with Crippen molar-refractivity contribution in [3.63, 3.8) is 0 Å². The van der Waals surface area contributed by atoms with Crippen molar-refractivity contribution < 1.29 is 19.0 Å². The average molecular weight is 402 g/mol. The minimum absolute atomic E-state index is 0.183. The van der Waals surface area contributed by atoms with Gasteiger partial charge in [-0.15, -0.1) is 0 Å². The molecule has 0 atom stereocenters.